The quantitative estimate of drug-likeness (QED) is 0.501. The molecule has 0 aliphatic heterocycles. The lowest BCUT2D eigenvalue weighted by Gasteiger charge is -2.18. The molecule has 1 aromatic heterocycles. The number of rotatable bonds is 5. The molecule has 0 fully saturated rings. The number of hydrogen-bond acceptors (Lipinski definition) is 5. The van der Waals surface area contributed by atoms with E-state index in [0.29, 0.717) is 12.2 Å². The van der Waals surface area contributed by atoms with Crippen molar-refractivity contribution in [1.82, 2.24) is 9.78 Å². The normalized spacial score (nSPS) is 11.6. The highest BCUT2D eigenvalue weighted by Crippen LogP contribution is 2.39. The van der Waals surface area contributed by atoms with Crippen LogP contribution < -0.4 is 0 Å². The number of nitrogens with zero attached hydrogens (tertiary/aromatic N) is 3. The average molecular weight is 273 g/mol. The Hall–Kier alpha value is -1.57. The molecule has 1 N–H and O–H groups in total. The lowest BCUT2D eigenvalue weighted by Crippen LogP contribution is -2.27. The van der Waals surface area contributed by atoms with E-state index >= 15 is 0 Å². The van der Waals surface area contributed by atoms with Crippen LogP contribution in [-0.2, 0) is 11.3 Å². The Balaban J connectivity index is 3.30. The second-order valence-electron chi connectivity index (χ2n) is 4.23. The third-order valence-electron chi connectivity index (χ3n) is 2.40. The van der Waals surface area contributed by atoms with Crippen LogP contribution in [0.25, 0.3) is 0 Å². The summed E-state index contributed by atoms with van der Waals surface area (Å²) in [6.07, 6.45) is 0. The molecule has 0 atom stereocenters. The summed E-state index contributed by atoms with van der Waals surface area (Å²) in [4.78, 5) is 21.6. The van der Waals surface area contributed by atoms with Crippen LogP contribution in [0.15, 0.2) is 5.03 Å². The zero-order valence-corrected chi connectivity index (χ0v) is 11.4. The molecule has 0 aliphatic rings. The monoisotopic (exact) mass is 273 g/mol. The predicted molar refractivity (Wildman–Crippen MR) is 66.9 cm³/mol. The highest BCUT2D eigenvalue weighted by Gasteiger charge is 2.35. The maximum absolute atomic E-state index is 11.1. The number of carbonyl (C=O) groups is 1. The minimum absolute atomic E-state index is 0.115. The van der Waals surface area contributed by atoms with Gasteiger partial charge in [-0.25, -0.2) is 0 Å². The molecule has 18 heavy (non-hydrogen) atoms. The van der Waals surface area contributed by atoms with Crippen molar-refractivity contribution in [2.24, 2.45) is 0 Å². The lowest BCUT2D eigenvalue weighted by molar-refractivity contribution is -0.388. The van der Waals surface area contributed by atoms with Crippen molar-refractivity contribution >= 4 is 23.4 Å². The summed E-state index contributed by atoms with van der Waals surface area (Å²) in [7, 11) is 0. The summed E-state index contributed by atoms with van der Waals surface area (Å²) in [5, 5.41) is 24.4. The van der Waals surface area contributed by atoms with E-state index in [-0.39, 0.29) is 10.7 Å². The van der Waals surface area contributed by atoms with Crippen LogP contribution in [0, 0.1) is 17.0 Å². The van der Waals surface area contributed by atoms with Crippen LogP contribution in [0.1, 0.15) is 26.5 Å². The van der Waals surface area contributed by atoms with E-state index in [1.54, 1.807) is 13.8 Å². The zero-order valence-electron chi connectivity index (χ0n) is 10.6. The molecular weight excluding hydrogens is 258 g/mol. The van der Waals surface area contributed by atoms with Crippen molar-refractivity contribution in [1.29, 1.82) is 0 Å². The summed E-state index contributed by atoms with van der Waals surface area (Å²) >= 11 is 0.940. The molecule has 1 rings (SSSR count). The molecule has 0 saturated carbocycles. The first-order valence-corrected chi connectivity index (χ1v) is 6.16. The van der Waals surface area contributed by atoms with Gasteiger partial charge < -0.3 is 5.11 Å². The summed E-state index contributed by atoms with van der Waals surface area (Å²) in [5.41, 5.74) is 0.182. The predicted octanol–water partition coefficient (Wildman–Crippen LogP) is 2.07. The van der Waals surface area contributed by atoms with Gasteiger partial charge in [0, 0.05) is 6.54 Å². The Labute approximate surface area is 108 Å². The van der Waals surface area contributed by atoms with Gasteiger partial charge in [0.05, 0.1) is 4.92 Å². The molecule has 0 saturated heterocycles. The van der Waals surface area contributed by atoms with E-state index in [0.717, 1.165) is 11.8 Å². The summed E-state index contributed by atoms with van der Waals surface area (Å²) < 4.78 is 0.312. The SMILES string of the molecule is CCn1nc(C)c([N+](=O)[O-])c1SC(C)(C)C(=O)O. The van der Waals surface area contributed by atoms with Gasteiger partial charge in [-0.1, -0.05) is 11.8 Å². The maximum Gasteiger partial charge on any atom is 0.323 e. The van der Waals surface area contributed by atoms with Gasteiger partial charge >= 0.3 is 11.7 Å². The third-order valence-corrected chi connectivity index (χ3v) is 3.68. The standard InChI is InChI=1S/C10H15N3O4S/c1-5-12-8(18-10(3,4)9(14)15)7(13(16)17)6(2)11-12/h5H2,1-4H3,(H,14,15). The van der Waals surface area contributed by atoms with Crippen LogP contribution in [0.2, 0.25) is 0 Å². The van der Waals surface area contributed by atoms with Crippen LogP contribution in [0.3, 0.4) is 0 Å². The smallest absolute Gasteiger partial charge is 0.323 e. The Morgan fingerprint density at radius 1 is 1.61 bits per heavy atom. The van der Waals surface area contributed by atoms with E-state index in [9.17, 15) is 14.9 Å². The number of aryl methyl sites for hydroxylation is 2. The molecule has 0 radical (unpaired) electrons. The van der Waals surface area contributed by atoms with E-state index < -0.39 is 15.6 Å². The number of hydrogen-bond donors (Lipinski definition) is 1. The molecule has 7 nitrogen and oxygen atoms in total. The van der Waals surface area contributed by atoms with Gasteiger partial charge in [-0.05, 0) is 27.7 Å². The van der Waals surface area contributed by atoms with Crippen molar-refractivity contribution in [2.75, 3.05) is 0 Å². The van der Waals surface area contributed by atoms with Gasteiger partial charge in [0.2, 0.25) is 0 Å². The fourth-order valence-corrected chi connectivity index (χ4v) is 2.53. The molecule has 0 amide bonds. The first kappa shape index (κ1) is 14.5. The highest BCUT2D eigenvalue weighted by molar-refractivity contribution is 8.01. The zero-order chi connectivity index (χ0) is 14.1. The van der Waals surface area contributed by atoms with Crippen LogP contribution in [0.4, 0.5) is 5.69 Å². The molecule has 8 heteroatoms. The van der Waals surface area contributed by atoms with E-state index in [2.05, 4.69) is 5.10 Å². The molecule has 1 aromatic rings. The van der Waals surface area contributed by atoms with E-state index in [1.165, 1.54) is 18.5 Å². The van der Waals surface area contributed by atoms with E-state index in [4.69, 9.17) is 5.11 Å². The van der Waals surface area contributed by atoms with Crippen LogP contribution >= 0.6 is 11.8 Å². The number of carboxylic acids is 1. The topological polar surface area (TPSA) is 98.3 Å². The third kappa shape index (κ3) is 2.63. The molecule has 0 bridgehead atoms. The van der Waals surface area contributed by atoms with Gasteiger partial charge in [-0.3, -0.25) is 19.6 Å². The number of aliphatic carboxylic acids is 1. The fraction of sp³-hybridized carbons (Fsp3) is 0.600. The first-order valence-electron chi connectivity index (χ1n) is 5.35. The Bertz CT molecular complexity index is 496. The Morgan fingerprint density at radius 3 is 2.56 bits per heavy atom. The second-order valence-corrected chi connectivity index (χ2v) is 5.84. The molecular formula is C10H15N3O4S. The minimum atomic E-state index is -1.15. The number of thioether (sulfide) groups is 1. The van der Waals surface area contributed by atoms with Gasteiger partial charge in [0.25, 0.3) is 0 Å². The van der Waals surface area contributed by atoms with Crippen LogP contribution in [-0.4, -0.2) is 30.5 Å². The summed E-state index contributed by atoms with van der Waals surface area (Å²) in [6, 6.07) is 0. The molecule has 0 spiro atoms. The fourth-order valence-electron chi connectivity index (χ4n) is 1.36. The van der Waals surface area contributed by atoms with E-state index in [1.807, 2.05) is 0 Å². The maximum atomic E-state index is 11.1. The number of aromatic nitrogens is 2. The van der Waals surface area contributed by atoms with Crippen molar-refractivity contribution < 1.29 is 14.8 Å². The van der Waals surface area contributed by atoms with Gasteiger partial charge in [0.1, 0.15) is 10.4 Å². The summed E-state index contributed by atoms with van der Waals surface area (Å²) in [5.74, 6) is -1.02. The first-order chi connectivity index (χ1) is 8.20. The van der Waals surface area contributed by atoms with Crippen molar-refractivity contribution in [2.45, 2.75) is 44.0 Å². The van der Waals surface area contributed by atoms with Crippen molar-refractivity contribution in [3.63, 3.8) is 0 Å². The largest absolute Gasteiger partial charge is 0.480 e. The van der Waals surface area contributed by atoms with Crippen molar-refractivity contribution in [3.8, 4) is 0 Å². The van der Waals surface area contributed by atoms with Crippen molar-refractivity contribution in [3.05, 3.63) is 15.8 Å². The molecule has 0 unspecified atom stereocenters. The molecule has 0 aliphatic carbocycles. The number of carboxylic acid groups (broad SMARTS) is 1. The molecule has 1 heterocycles. The van der Waals surface area contributed by atoms with Gasteiger partial charge in [-0.2, -0.15) is 5.10 Å². The Kier molecular flexibility index (Phi) is 4.00. The summed E-state index contributed by atoms with van der Waals surface area (Å²) in [6.45, 7) is 6.81. The number of nitro groups is 1. The average Bonchev–Trinajstić information content (AvgIpc) is 2.53. The lowest BCUT2D eigenvalue weighted by atomic mass is 10.2. The van der Waals surface area contributed by atoms with Gasteiger partial charge in [0.15, 0.2) is 5.03 Å². The molecule has 100 valence electrons. The molecule has 0 aromatic carbocycles. The highest BCUT2D eigenvalue weighted by atomic mass is 32.2. The Morgan fingerprint density at radius 2 is 2.17 bits per heavy atom. The second kappa shape index (κ2) is 4.97. The van der Waals surface area contributed by atoms with Gasteiger partial charge in [-0.15, -0.1) is 0 Å². The minimum Gasteiger partial charge on any atom is -0.480 e. The van der Waals surface area contributed by atoms with Crippen LogP contribution in [0.5, 0.6) is 0 Å².